The van der Waals surface area contributed by atoms with Crippen LogP contribution in [0.15, 0.2) is 18.2 Å². The Bertz CT molecular complexity index is 591. The number of fused-ring (bicyclic) bond motifs is 1. The lowest BCUT2D eigenvalue weighted by molar-refractivity contribution is 0.0652. The van der Waals surface area contributed by atoms with Crippen molar-refractivity contribution < 1.29 is 5.11 Å². The number of nitrogens with zero attached hydrogens (tertiary/aromatic N) is 2. The Hall–Kier alpha value is -1.39. The van der Waals surface area contributed by atoms with E-state index in [9.17, 15) is 5.11 Å². The van der Waals surface area contributed by atoms with Crippen LogP contribution in [0, 0.1) is 0 Å². The SMILES string of the molecule is CC(C)(O)c1nc2cc(CN)ccc2n1C1CC1. The number of aromatic nitrogens is 2. The molecule has 0 bridgehead atoms. The highest BCUT2D eigenvalue weighted by molar-refractivity contribution is 5.77. The minimum Gasteiger partial charge on any atom is -0.383 e. The molecule has 0 unspecified atom stereocenters. The van der Waals surface area contributed by atoms with E-state index in [-0.39, 0.29) is 0 Å². The van der Waals surface area contributed by atoms with Gasteiger partial charge in [0.1, 0.15) is 11.4 Å². The molecule has 1 aliphatic carbocycles. The molecule has 0 aliphatic heterocycles. The van der Waals surface area contributed by atoms with Gasteiger partial charge in [0.2, 0.25) is 0 Å². The summed E-state index contributed by atoms with van der Waals surface area (Å²) in [6, 6.07) is 6.62. The maximum atomic E-state index is 10.3. The minimum atomic E-state index is -0.912. The molecule has 3 N–H and O–H groups in total. The van der Waals surface area contributed by atoms with Crippen LogP contribution in [0.1, 0.15) is 44.1 Å². The second-order valence-corrected chi connectivity index (χ2v) is 5.62. The van der Waals surface area contributed by atoms with Gasteiger partial charge in [0.05, 0.1) is 11.0 Å². The number of benzene rings is 1. The van der Waals surface area contributed by atoms with Crippen molar-refractivity contribution in [1.82, 2.24) is 9.55 Å². The van der Waals surface area contributed by atoms with Crippen LogP contribution in [0.2, 0.25) is 0 Å². The summed E-state index contributed by atoms with van der Waals surface area (Å²) in [5.41, 5.74) is 7.86. The second kappa shape index (κ2) is 3.80. The summed E-state index contributed by atoms with van der Waals surface area (Å²) in [6.45, 7) is 4.10. The molecule has 4 nitrogen and oxygen atoms in total. The number of nitrogens with two attached hydrogens (primary N) is 1. The molecule has 1 aliphatic rings. The van der Waals surface area contributed by atoms with E-state index in [1.165, 1.54) is 12.8 Å². The predicted molar refractivity (Wildman–Crippen MR) is 71.1 cm³/mol. The zero-order valence-corrected chi connectivity index (χ0v) is 10.8. The fraction of sp³-hybridized carbons (Fsp3) is 0.500. The third-order valence-corrected chi connectivity index (χ3v) is 3.45. The highest BCUT2D eigenvalue weighted by atomic mass is 16.3. The molecule has 2 aromatic rings. The Balaban J connectivity index is 2.25. The summed E-state index contributed by atoms with van der Waals surface area (Å²) < 4.78 is 2.19. The summed E-state index contributed by atoms with van der Waals surface area (Å²) in [7, 11) is 0. The normalized spacial score (nSPS) is 16.4. The van der Waals surface area contributed by atoms with Gasteiger partial charge >= 0.3 is 0 Å². The van der Waals surface area contributed by atoms with Crippen LogP contribution in [-0.2, 0) is 12.1 Å². The summed E-state index contributed by atoms with van der Waals surface area (Å²) in [6.07, 6.45) is 2.35. The van der Waals surface area contributed by atoms with E-state index in [1.807, 2.05) is 12.1 Å². The van der Waals surface area contributed by atoms with Gasteiger partial charge in [0.15, 0.2) is 0 Å². The highest BCUT2D eigenvalue weighted by Gasteiger charge is 2.33. The molecule has 4 heteroatoms. The van der Waals surface area contributed by atoms with Crippen molar-refractivity contribution in [3.63, 3.8) is 0 Å². The van der Waals surface area contributed by atoms with Crippen molar-refractivity contribution in [3.8, 4) is 0 Å². The van der Waals surface area contributed by atoms with E-state index < -0.39 is 5.60 Å². The highest BCUT2D eigenvalue weighted by Crippen LogP contribution is 2.40. The first-order valence-corrected chi connectivity index (χ1v) is 6.44. The van der Waals surface area contributed by atoms with E-state index in [1.54, 1.807) is 13.8 Å². The number of hydrogen-bond donors (Lipinski definition) is 2. The fourth-order valence-electron chi connectivity index (χ4n) is 2.41. The molecule has 1 aromatic heterocycles. The lowest BCUT2D eigenvalue weighted by atomic mass is 10.1. The Labute approximate surface area is 106 Å². The van der Waals surface area contributed by atoms with Crippen molar-refractivity contribution in [3.05, 3.63) is 29.6 Å². The molecule has 1 heterocycles. The van der Waals surface area contributed by atoms with Crippen molar-refractivity contribution in [2.24, 2.45) is 5.73 Å². The Morgan fingerprint density at radius 1 is 1.44 bits per heavy atom. The molecular formula is C14H19N3O. The number of imidazole rings is 1. The quantitative estimate of drug-likeness (QED) is 0.870. The first-order chi connectivity index (χ1) is 8.50. The average Bonchev–Trinajstić information content (AvgIpc) is 3.07. The van der Waals surface area contributed by atoms with E-state index in [4.69, 9.17) is 5.73 Å². The van der Waals surface area contributed by atoms with E-state index >= 15 is 0 Å². The summed E-state index contributed by atoms with van der Waals surface area (Å²) in [5, 5.41) is 10.3. The van der Waals surface area contributed by atoms with E-state index in [0.29, 0.717) is 12.6 Å². The smallest absolute Gasteiger partial charge is 0.141 e. The van der Waals surface area contributed by atoms with Crippen LogP contribution >= 0.6 is 0 Å². The molecule has 1 fully saturated rings. The van der Waals surface area contributed by atoms with Crippen molar-refractivity contribution >= 4 is 11.0 Å². The second-order valence-electron chi connectivity index (χ2n) is 5.62. The Kier molecular flexibility index (Phi) is 2.47. The van der Waals surface area contributed by atoms with Crippen LogP contribution in [-0.4, -0.2) is 14.7 Å². The Morgan fingerprint density at radius 3 is 2.72 bits per heavy atom. The van der Waals surface area contributed by atoms with Gasteiger partial charge in [-0.25, -0.2) is 4.98 Å². The van der Waals surface area contributed by atoms with Gasteiger partial charge in [-0.05, 0) is 44.4 Å². The molecule has 1 saturated carbocycles. The molecular weight excluding hydrogens is 226 g/mol. The minimum absolute atomic E-state index is 0.500. The van der Waals surface area contributed by atoms with Gasteiger partial charge in [-0.3, -0.25) is 0 Å². The largest absolute Gasteiger partial charge is 0.383 e. The molecule has 1 aromatic carbocycles. The monoisotopic (exact) mass is 245 g/mol. The summed E-state index contributed by atoms with van der Waals surface area (Å²) in [4.78, 5) is 4.61. The van der Waals surface area contributed by atoms with Crippen molar-refractivity contribution in [2.75, 3.05) is 0 Å². The maximum Gasteiger partial charge on any atom is 0.141 e. The fourth-order valence-corrected chi connectivity index (χ4v) is 2.41. The molecule has 0 radical (unpaired) electrons. The van der Waals surface area contributed by atoms with E-state index in [0.717, 1.165) is 22.4 Å². The molecule has 3 rings (SSSR count). The van der Waals surface area contributed by atoms with Crippen LogP contribution < -0.4 is 5.73 Å². The van der Waals surface area contributed by atoms with Crippen molar-refractivity contribution in [1.29, 1.82) is 0 Å². The number of hydrogen-bond acceptors (Lipinski definition) is 3. The first-order valence-electron chi connectivity index (χ1n) is 6.44. The third-order valence-electron chi connectivity index (χ3n) is 3.45. The van der Waals surface area contributed by atoms with Crippen LogP contribution in [0.3, 0.4) is 0 Å². The van der Waals surface area contributed by atoms with Crippen molar-refractivity contribution in [2.45, 2.75) is 44.9 Å². The van der Waals surface area contributed by atoms with Gasteiger partial charge in [0.25, 0.3) is 0 Å². The predicted octanol–water partition coefficient (Wildman–Crippen LogP) is 2.06. The molecule has 0 saturated heterocycles. The topological polar surface area (TPSA) is 64.1 Å². The lowest BCUT2D eigenvalue weighted by Crippen LogP contribution is -2.21. The number of rotatable bonds is 3. The van der Waals surface area contributed by atoms with Gasteiger partial charge in [-0.15, -0.1) is 0 Å². The lowest BCUT2D eigenvalue weighted by Gasteiger charge is -2.18. The third kappa shape index (κ3) is 1.82. The van der Waals surface area contributed by atoms with Crippen LogP contribution in [0.4, 0.5) is 0 Å². The summed E-state index contributed by atoms with van der Waals surface area (Å²) >= 11 is 0. The molecule has 18 heavy (non-hydrogen) atoms. The molecule has 0 spiro atoms. The van der Waals surface area contributed by atoms with Crippen LogP contribution in [0.25, 0.3) is 11.0 Å². The first kappa shape index (κ1) is 11.7. The van der Waals surface area contributed by atoms with Gasteiger partial charge in [-0.1, -0.05) is 6.07 Å². The molecule has 96 valence electrons. The summed E-state index contributed by atoms with van der Waals surface area (Å²) in [5.74, 6) is 0.758. The number of aliphatic hydroxyl groups is 1. The van der Waals surface area contributed by atoms with E-state index in [2.05, 4.69) is 15.6 Å². The van der Waals surface area contributed by atoms with Gasteiger partial charge in [-0.2, -0.15) is 0 Å². The average molecular weight is 245 g/mol. The molecule has 0 atom stereocenters. The zero-order valence-electron chi connectivity index (χ0n) is 10.8. The maximum absolute atomic E-state index is 10.3. The van der Waals surface area contributed by atoms with Gasteiger partial charge in [0, 0.05) is 12.6 Å². The van der Waals surface area contributed by atoms with Gasteiger partial charge < -0.3 is 15.4 Å². The van der Waals surface area contributed by atoms with Crippen LogP contribution in [0.5, 0.6) is 0 Å². The Morgan fingerprint density at radius 2 is 2.17 bits per heavy atom. The standard InChI is InChI=1S/C14H19N3O/c1-14(2,18)13-16-11-7-9(8-15)3-6-12(11)17(13)10-4-5-10/h3,6-7,10,18H,4-5,8,15H2,1-2H3. The molecule has 0 amide bonds. The zero-order chi connectivity index (χ0) is 12.9.